The third kappa shape index (κ3) is 1.95. The van der Waals surface area contributed by atoms with E-state index in [4.69, 9.17) is 4.42 Å². The van der Waals surface area contributed by atoms with Gasteiger partial charge in [-0.25, -0.2) is 14.2 Å². The van der Waals surface area contributed by atoms with Crippen LogP contribution in [0.4, 0.5) is 4.39 Å². The van der Waals surface area contributed by atoms with Gasteiger partial charge in [0.1, 0.15) is 5.82 Å². The van der Waals surface area contributed by atoms with Gasteiger partial charge >= 0.3 is 5.97 Å². The highest BCUT2D eigenvalue weighted by atomic mass is 19.1. The fraction of sp³-hybridized carbons (Fsp3) is 0. The summed E-state index contributed by atoms with van der Waals surface area (Å²) in [6.07, 6.45) is 2.92. The van der Waals surface area contributed by atoms with Crippen LogP contribution in [0.25, 0.3) is 22.2 Å². The molecule has 0 atom stereocenters. The molecule has 2 aromatic heterocycles. The number of pyridine rings is 1. The average molecular weight is 257 g/mol. The largest absolute Gasteiger partial charge is 0.478 e. The van der Waals surface area contributed by atoms with Crippen molar-refractivity contribution in [2.75, 3.05) is 0 Å². The van der Waals surface area contributed by atoms with Gasteiger partial charge in [-0.2, -0.15) is 0 Å². The molecule has 0 spiro atoms. The van der Waals surface area contributed by atoms with Crippen LogP contribution in [-0.4, -0.2) is 16.1 Å². The summed E-state index contributed by atoms with van der Waals surface area (Å²) in [6, 6.07) is 6.96. The molecule has 0 radical (unpaired) electrons. The normalized spacial score (nSPS) is 10.8. The molecule has 0 bridgehead atoms. The number of rotatable bonds is 2. The molecule has 94 valence electrons. The molecule has 1 N–H and O–H groups in total. The molecule has 0 saturated carbocycles. The summed E-state index contributed by atoms with van der Waals surface area (Å²) in [5.41, 5.74) is 1.47. The van der Waals surface area contributed by atoms with Crippen LogP contribution >= 0.6 is 0 Å². The highest BCUT2D eigenvalue weighted by Crippen LogP contribution is 2.25. The molecule has 3 rings (SSSR count). The molecule has 0 saturated heterocycles. The predicted molar refractivity (Wildman–Crippen MR) is 66.4 cm³/mol. The third-order valence-electron chi connectivity index (χ3n) is 2.82. The smallest absolute Gasteiger partial charge is 0.336 e. The van der Waals surface area contributed by atoms with Gasteiger partial charge in [-0.1, -0.05) is 0 Å². The Morgan fingerprint density at radius 3 is 2.79 bits per heavy atom. The van der Waals surface area contributed by atoms with Gasteiger partial charge in [-0.15, -0.1) is 0 Å². The average Bonchev–Trinajstić information content (AvgIpc) is 2.90. The van der Waals surface area contributed by atoms with Gasteiger partial charge < -0.3 is 9.52 Å². The number of hydrogen-bond donors (Lipinski definition) is 1. The van der Waals surface area contributed by atoms with Crippen molar-refractivity contribution in [2.24, 2.45) is 0 Å². The highest BCUT2D eigenvalue weighted by Gasteiger charge is 2.13. The molecule has 5 heteroatoms. The van der Waals surface area contributed by atoms with Crippen molar-refractivity contribution in [3.8, 4) is 11.3 Å². The Balaban J connectivity index is 2.34. The maximum atomic E-state index is 13.2. The van der Waals surface area contributed by atoms with Crippen molar-refractivity contribution in [2.45, 2.75) is 0 Å². The Morgan fingerprint density at radius 1 is 1.26 bits per heavy atom. The van der Waals surface area contributed by atoms with Crippen LogP contribution in [0.1, 0.15) is 10.4 Å². The van der Waals surface area contributed by atoms with E-state index in [0.717, 1.165) is 0 Å². The number of aromatic carboxylic acids is 1. The fourth-order valence-corrected chi connectivity index (χ4v) is 1.94. The maximum absolute atomic E-state index is 13.2. The lowest BCUT2D eigenvalue weighted by Crippen LogP contribution is -2.00. The summed E-state index contributed by atoms with van der Waals surface area (Å²) >= 11 is 0. The minimum Gasteiger partial charge on any atom is -0.478 e. The van der Waals surface area contributed by atoms with Crippen molar-refractivity contribution in [1.82, 2.24) is 4.98 Å². The zero-order chi connectivity index (χ0) is 13.4. The number of nitrogens with zero attached hydrogens (tertiary/aromatic N) is 1. The first kappa shape index (κ1) is 11.4. The Kier molecular flexibility index (Phi) is 2.52. The number of carboxylic acids is 1. The van der Waals surface area contributed by atoms with Gasteiger partial charge in [0.15, 0.2) is 0 Å². The van der Waals surface area contributed by atoms with E-state index in [-0.39, 0.29) is 5.56 Å². The van der Waals surface area contributed by atoms with Crippen molar-refractivity contribution in [1.29, 1.82) is 0 Å². The number of carbonyl (C=O) groups is 1. The topological polar surface area (TPSA) is 63.3 Å². The van der Waals surface area contributed by atoms with Crippen LogP contribution in [0, 0.1) is 5.82 Å². The molecule has 19 heavy (non-hydrogen) atoms. The number of hydrogen-bond acceptors (Lipinski definition) is 3. The standard InChI is InChI=1S/C14H8FNO3/c15-9-1-2-10-11(14(17)18)6-12(16-13(10)5-9)8-3-4-19-7-8/h1-7H,(H,17,18). The summed E-state index contributed by atoms with van der Waals surface area (Å²) in [4.78, 5) is 15.5. The molecule has 0 aliphatic carbocycles. The summed E-state index contributed by atoms with van der Waals surface area (Å²) in [7, 11) is 0. The molecule has 2 heterocycles. The molecule has 3 aromatic rings. The summed E-state index contributed by atoms with van der Waals surface area (Å²) in [5.74, 6) is -1.54. The van der Waals surface area contributed by atoms with E-state index >= 15 is 0 Å². The van der Waals surface area contributed by atoms with E-state index in [2.05, 4.69) is 4.98 Å². The Bertz CT molecular complexity index is 766. The summed E-state index contributed by atoms with van der Waals surface area (Å²) in [5, 5.41) is 9.63. The van der Waals surface area contributed by atoms with E-state index in [1.54, 1.807) is 6.07 Å². The molecule has 0 aliphatic rings. The molecule has 4 nitrogen and oxygen atoms in total. The molecule has 0 fully saturated rings. The zero-order valence-electron chi connectivity index (χ0n) is 9.63. The zero-order valence-corrected chi connectivity index (χ0v) is 9.63. The maximum Gasteiger partial charge on any atom is 0.336 e. The molecule has 1 aromatic carbocycles. The van der Waals surface area contributed by atoms with Crippen molar-refractivity contribution < 1.29 is 18.7 Å². The van der Waals surface area contributed by atoms with Gasteiger partial charge in [0.05, 0.1) is 29.3 Å². The quantitative estimate of drug-likeness (QED) is 0.764. The van der Waals surface area contributed by atoms with Crippen LogP contribution in [0.15, 0.2) is 47.3 Å². The first-order valence-electron chi connectivity index (χ1n) is 5.51. The minimum atomic E-state index is -1.08. The number of aromatic nitrogens is 1. The van der Waals surface area contributed by atoms with E-state index in [1.807, 2.05) is 0 Å². The monoisotopic (exact) mass is 257 g/mol. The number of furan rings is 1. The summed E-state index contributed by atoms with van der Waals surface area (Å²) in [6.45, 7) is 0. The molecular weight excluding hydrogens is 249 g/mol. The van der Waals surface area contributed by atoms with Crippen LogP contribution < -0.4 is 0 Å². The van der Waals surface area contributed by atoms with Crippen molar-refractivity contribution in [3.05, 3.63) is 54.2 Å². The van der Waals surface area contributed by atoms with E-state index in [1.165, 1.54) is 36.8 Å². The van der Waals surface area contributed by atoms with Crippen LogP contribution in [0.3, 0.4) is 0 Å². The lowest BCUT2D eigenvalue weighted by atomic mass is 10.1. The van der Waals surface area contributed by atoms with Gasteiger partial charge in [0, 0.05) is 17.0 Å². The van der Waals surface area contributed by atoms with E-state index in [9.17, 15) is 14.3 Å². The SMILES string of the molecule is O=C(O)c1cc(-c2ccoc2)nc2cc(F)ccc12. The highest BCUT2D eigenvalue weighted by molar-refractivity contribution is 6.03. The number of halogens is 1. The van der Waals surface area contributed by atoms with E-state index < -0.39 is 11.8 Å². The Morgan fingerprint density at radius 2 is 2.11 bits per heavy atom. The molecule has 0 amide bonds. The number of carboxylic acid groups (broad SMARTS) is 1. The predicted octanol–water partition coefficient (Wildman–Crippen LogP) is 3.33. The van der Waals surface area contributed by atoms with Gasteiger partial charge in [0.25, 0.3) is 0 Å². The van der Waals surface area contributed by atoms with Crippen molar-refractivity contribution in [3.63, 3.8) is 0 Å². The summed E-state index contributed by atoms with van der Waals surface area (Å²) < 4.78 is 18.2. The lowest BCUT2D eigenvalue weighted by molar-refractivity contribution is 0.0699. The first-order valence-corrected chi connectivity index (χ1v) is 5.51. The molecule has 0 aliphatic heterocycles. The van der Waals surface area contributed by atoms with Crippen LogP contribution in [0.5, 0.6) is 0 Å². The van der Waals surface area contributed by atoms with E-state index in [0.29, 0.717) is 22.2 Å². The lowest BCUT2D eigenvalue weighted by Gasteiger charge is -2.05. The van der Waals surface area contributed by atoms with Gasteiger partial charge in [-0.05, 0) is 24.3 Å². The number of fused-ring (bicyclic) bond motifs is 1. The van der Waals surface area contributed by atoms with Gasteiger partial charge in [-0.3, -0.25) is 0 Å². The second-order valence-electron chi connectivity index (χ2n) is 4.03. The molecule has 0 unspecified atom stereocenters. The number of benzene rings is 1. The second-order valence-corrected chi connectivity index (χ2v) is 4.03. The second kappa shape index (κ2) is 4.20. The van der Waals surface area contributed by atoms with Gasteiger partial charge in [0.2, 0.25) is 0 Å². The fourth-order valence-electron chi connectivity index (χ4n) is 1.94. The Hall–Kier alpha value is -2.69. The van der Waals surface area contributed by atoms with Crippen LogP contribution in [0.2, 0.25) is 0 Å². The Labute approximate surface area is 107 Å². The first-order chi connectivity index (χ1) is 9.15. The molecular formula is C14H8FNO3. The third-order valence-corrected chi connectivity index (χ3v) is 2.82. The van der Waals surface area contributed by atoms with Crippen molar-refractivity contribution >= 4 is 16.9 Å². The van der Waals surface area contributed by atoms with Crippen LogP contribution in [-0.2, 0) is 0 Å². The minimum absolute atomic E-state index is 0.0844.